The zero-order valence-electron chi connectivity index (χ0n) is 10.3. The average molecular weight is 247 g/mol. The topological polar surface area (TPSA) is 70.2 Å². The largest absolute Gasteiger partial charge is 0.354 e. The molecule has 1 unspecified atom stereocenters. The molecule has 0 saturated carbocycles. The van der Waals surface area contributed by atoms with Gasteiger partial charge in [-0.1, -0.05) is 18.2 Å². The van der Waals surface area contributed by atoms with Gasteiger partial charge < -0.3 is 16.0 Å². The zero-order chi connectivity index (χ0) is 13.0. The molecule has 0 bridgehead atoms. The standard InChI is InChI=1S/C13H17N3O2/c1-14-6-7-15-13(18)10-8-12(17)16-11-5-3-2-4-9(10)11/h2-5,10,14H,6-8H2,1H3,(H,15,18)(H,16,17). The molecule has 0 aromatic heterocycles. The van der Waals surface area contributed by atoms with E-state index in [1.165, 1.54) is 0 Å². The minimum atomic E-state index is -0.383. The van der Waals surface area contributed by atoms with Crippen molar-refractivity contribution in [3.63, 3.8) is 0 Å². The first-order valence-electron chi connectivity index (χ1n) is 6.03. The predicted molar refractivity (Wildman–Crippen MR) is 69.4 cm³/mol. The molecule has 1 aromatic rings. The first-order chi connectivity index (χ1) is 8.72. The molecule has 0 spiro atoms. The molecule has 0 saturated heterocycles. The van der Waals surface area contributed by atoms with E-state index in [0.717, 1.165) is 11.3 Å². The number of hydrogen-bond acceptors (Lipinski definition) is 3. The Balaban J connectivity index is 2.13. The van der Waals surface area contributed by atoms with Gasteiger partial charge in [0.1, 0.15) is 0 Å². The predicted octanol–water partition coefficient (Wildman–Crippen LogP) is 0.448. The van der Waals surface area contributed by atoms with E-state index in [9.17, 15) is 9.59 Å². The summed E-state index contributed by atoms with van der Waals surface area (Å²) in [5.41, 5.74) is 1.63. The number of hydrogen-bond donors (Lipinski definition) is 3. The third kappa shape index (κ3) is 2.68. The minimum Gasteiger partial charge on any atom is -0.354 e. The first kappa shape index (κ1) is 12.6. The van der Waals surface area contributed by atoms with Gasteiger partial charge in [0.15, 0.2) is 0 Å². The molecule has 1 atom stereocenters. The SMILES string of the molecule is CNCCNC(=O)C1CC(=O)Nc2ccccc21. The lowest BCUT2D eigenvalue weighted by molar-refractivity contribution is -0.126. The average Bonchev–Trinajstić information content (AvgIpc) is 2.38. The van der Waals surface area contributed by atoms with Crippen molar-refractivity contribution in [1.29, 1.82) is 0 Å². The Bertz CT molecular complexity index is 459. The fourth-order valence-corrected chi connectivity index (χ4v) is 2.08. The molecule has 5 nitrogen and oxygen atoms in total. The highest BCUT2D eigenvalue weighted by atomic mass is 16.2. The Hall–Kier alpha value is -1.88. The van der Waals surface area contributed by atoms with Crippen LogP contribution in [0.4, 0.5) is 5.69 Å². The molecule has 1 aromatic carbocycles. The normalized spacial score (nSPS) is 17.8. The maximum atomic E-state index is 12.1. The second kappa shape index (κ2) is 5.64. The van der Waals surface area contributed by atoms with Crippen molar-refractivity contribution in [3.8, 4) is 0 Å². The van der Waals surface area contributed by atoms with Crippen LogP contribution in [-0.4, -0.2) is 32.0 Å². The number of carbonyl (C=O) groups is 2. The molecule has 0 aliphatic carbocycles. The highest BCUT2D eigenvalue weighted by Gasteiger charge is 2.29. The van der Waals surface area contributed by atoms with Crippen LogP contribution in [0.25, 0.3) is 0 Å². The molecular formula is C13H17N3O2. The molecular weight excluding hydrogens is 230 g/mol. The summed E-state index contributed by atoms with van der Waals surface area (Å²) >= 11 is 0. The van der Waals surface area contributed by atoms with E-state index >= 15 is 0 Å². The molecule has 18 heavy (non-hydrogen) atoms. The third-order valence-electron chi connectivity index (χ3n) is 2.99. The van der Waals surface area contributed by atoms with E-state index in [0.29, 0.717) is 13.1 Å². The van der Waals surface area contributed by atoms with E-state index in [-0.39, 0.29) is 24.2 Å². The molecule has 5 heteroatoms. The van der Waals surface area contributed by atoms with Crippen LogP contribution in [0.1, 0.15) is 17.9 Å². The van der Waals surface area contributed by atoms with Gasteiger partial charge in [-0.3, -0.25) is 9.59 Å². The van der Waals surface area contributed by atoms with Gasteiger partial charge in [0.05, 0.1) is 5.92 Å². The van der Waals surface area contributed by atoms with E-state index in [1.807, 2.05) is 31.3 Å². The van der Waals surface area contributed by atoms with Crippen LogP contribution in [0.15, 0.2) is 24.3 Å². The summed E-state index contributed by atoms with van der Waals surface area (Å²) in [6, 6.07) is 7.43. The number of amides is 2. The smallest absolute Gasteiger partial charge is 0.228 e. The van der Waals surface area contributed by atoms with Crippen LogP contribution in [0.2, 0.25) is 0 Å². The molecule has 2 rings (SSSR count). The summed E-state index contributed by atoms with van der Waals surface area (Å²) in [7, 11) is 1.83. The highest BCUT2D eigenvalue weighted by molar-refractivity contribution is 6.01. The Kier molecular flexibility index (Phi) is 3.94. The molecule has 1 aliphatic rings. The van der Waals surface area contributed by atoms with Crippen LogP contribution in [0.5, 0.6) is 0 Å². The lowest BCUT2D eigenvalue weighted by Gasteiger charge is -2.24. The maximum absolute atomic E-state index is 12.1. The summed E-state index contributed by atoms with van der Waals surface area (Å²) in [4.78, 5) is 23.6. The van der Waals surface area contributed by atoms with Crippen molar-refractivity contribution in [2.75, 3.05) is 25.5 Å². The fourth-order valence-electron chi connectivity index (χ4n) is 2.08. The van der Waals surface area contributed by atoms with Crippen molar-refractivity contribution >= 4 is 17.5 Å². The fraction of sp³-hybridized carbons (Fsp3) is 0.385. The second-order valence-corrected chi connectivity index (χ2v) is 4.29. The lowest BCUT2D eigenvalue weighted by Crippen LogP contribution is -2.37. The number of carbonyl (C=O) groups excluding carboxylic acids is 2. The van der Waals surface area contributed by atoms with Crippen molar-refractivity contribution in [2.45, 2.75) is 12.3 Å². The molecule has 1 aliphatic heterocycles. The Labute approximate surface area is 106 Å². The van der Waals surface area contributed by atoms with Crippen LogP contribution in [0.3, 0.4) is 0 Å². The Morgan fingerprint density at radius 1 is 1.39 bits per heavy atom. The van der Waals surface area contributed by atoms with Crippen molar-refractivity contribution < 1.29 is 9.59 Å². The number of para-hydroxylation sites is 1. The number of fused-ring (bicyclic) bond motifs is 1. The molecule has 0 radical (unpaired) electrons. The summed E-state index contributed by atoms with van der Waals surface area (Å²) in [6.07, 6.45) is 0.211. The van der Waals surface area contributed by atoms with Gasteiger partial charge >= 0.3 is 0 Å². The first-order valence-corrected chi connectivity index (χ1v) is 6.03. The second-order valence-electron chi connectivity index (χ2n) is 4.29. The van der Waals surface area contributed by atoms with E-state index in [4.69, 9.17) is 0 Å². The number of likely N-dealkylation sites (N-methyl/N-ethyl adjacent to an activating group) is 1. The number of nitrogens with one attached hydrogen (secondary N) is 3. The molecule has 3 N–H and O–H groups in total. The van der Waals surface area contributed by atoms with Gasteiger partial charge in [0, 0.05) is 25.2 Å². The van der Waals surface area contributed by atoms with Crippen LogP contribution in [0, 0.1) is 0 Å². The van der Waals surface area contributed by atoms with Crippen molar-refractivity contribution in [2.24, 2.45) is 0 Å². The van der Waals surface area contributed by atoms with Gasteiger partial charge in [-0.15, -0.1) is 0 Å². The number of rotatable bonds is 4. The van der Waals surface area contributed by atoms with Crippen molar-refractivity contribution in [1.82, 2.24) is 10.6 Å². The Morgan fingerprint density at radius 3 is 2.94 bits per heavy atom. The molecule has 0 fully saturated rings. The van der Waals surface area contributed by atoms with E-state index in [2.05, 4.69) is 16.0 Å². The lowest BCUT2D eigenvalue weighted by atomic mass is 9.90. The third-order valence-corrected chi connectivity index (χ3v) is 2.99. The monoisotopic (exact) mass is 247 g/mol. The van der Waals surface area contributed by atoms with Crippen LogP contribution >= 0.6 is 0 Å². The van der Waals surface area contributed by atoms with E-state index < -0.39 is 0 Å². The molecule has 2 amide bonds. The summed E-state index contributed by atoms with van der Waals surface area (Å²) in [5.74, 6) is -0.582. The van der Waals surface area contributed by atoms with Gasteiger partial charge in [-0.05, 0) is 18.7 Å². The summed E-state index contributed by atoms with van der Waals surface area (Å²) in [5, 5.41) is 8.57. The van der Waals surface area contributed by atoms with E-state index in [1.54, 1.807) is 0 Å². The van der Waals surface area contributed by atoms with Gasteiger partial charge in [0.25, 0.3) is 0 Å². The van der Waals surface area contributed by atoms with Crippen molar-refractivity contribution in [3.05, 3.63) is 29.8 Å². The highest BCUT2D eigenvalue weighted by Crippen LogP contribution is 2.31. The zero-order valence-corrected chi connectivity index (χ0v) is 10.3. The summed E-state index contributed by atoms with van der Waals surface area (Å²) < 4.78 is 0. The van der Waals surface area contributed by atoms with Gasteiger partial charge in [-0.25, -0.2) is 0 Å². The van der Waals surface area contributed by atoms with Gasteiger partial charge in [0.2, 0.25) is 11.8 Å². The van der Waals surface area contributed by atoms with Gasteiger partial charge in [-0.2, -0.15) is 0 Å². The molecule has 1 heterocycles. The Morgan fingerprint density at radius 2 is 2.17 bits per heavy atom. The minimum absolute atomic E-state index is 0.0902. The summed E-state index contributed by atoms with van der Waals surface area (Å²) in [6.45, 7) is 1.28. The number of benzene rings is 1. The van der Waals surface area contributed by atoms with Crippen LogP contribution < -0.4 is 16.0 Å². The molecule has 96 valence electrons. The number of anilines is 1. The van der Waals surface area contributed by atoms with Crippen LogP contribution in [-0.2, 0) is 9.59 Å². The maximum Gasteiger partial charge on any atom is 0.228 e. The quantitative estimate of drug-likeness (QED) is 0.676.